The van der Waals surface area contributed by atoms with Crippen molar-refractivity contribution in [1.82, 2.24) is 4.98 Å². The summed E-state index contributed by atoms with van der Waals surface area (Å²) >= 11 is 1.66. The Labute approximate surface area is 98.6 Å². The lowest BCUT2D eigenvalue weighted by molar-refractivity contribution is 0.469. The van der Waals surface area contributed by atoms with Gasteiger partial charge in [0.2, 0.25) is 0 Å². The molecular formula is C12H14N2OS. The molecule has 0 aliphatic carbocycles. The lowest BCUT2D eigenvalue weighted by atomic mass is 10.1. The Morgan fingerprint density at radius 1 is 1.31 bits per heavy atom. The summed E-state index contributed by atoms with van der Waals surface area (Å²) in [5.74, 6) is 0.332. The number of aromatic nitrogens is 1. The average molecular weight is 234 g/mol. The monoisotopic (exact) mass is 234 g/mol. The molecule has 16 heavy (non-hydrogen) atoms. The second-order valence-corrected chi connectivity index (χ2v) is 4.76. The standard InChI is InChI=1S/C12H14N2OS/c13-6-5-10-8-14-12(16-10)7-9-3-1-2-4-11(9)15/h1-4,8,15H,5-7,13H2. The van der Waals surface area contributed by atoms with Crippen LogP contribution in [0.3, 0.4) is 0 Å². The van der Waals surface area contributed by atoms with E-state index in [4.69, 9.17) is 5.73 Å². The number of phenolic OH excluding ortho intramolecular Hbond substituents is 1. The van der Waals surface area contributed by atoms with Gasteiger partial charge >= 0.3 is 0 Å². The fourth-order valence-corrected chi connectivity index (χ4v) is 2.47. The van der Waals surface area contributed by atoms with Gasteiger partial charge < -0.3 is 10.8 Å². The number of aromatic hydroxyl groups is 1. The van der Waals surface area contributed by atoms with Crippen LogP contribution in [-0.4, -0.2) is 16.6 Å². The van der Waals surface area contributed by atoms with E-state index < -0.39 is 0 Å². The van der Waals surface area contributed by atoms with Crippen LogP contribution < -0.4 is 5.73 Å². The van der Waals surface area contributed by atoms with Gasteiger partial charge in [0, 0.05) is 23.1 Å². The van der Waals surface area contributed by atoms with Gasteiger partial charge in [-0.15, -0.1) is 11.3 Å². The van der Waals surface area contributed by atoms with Crippen LogP contribution in [0.15, 0.2) is 30.5 Å². The van der Waals surface area contributed by atoms with E-state index in [9.17, 15) is 5.11 Å². The van der Waals surface area contributed by atoms with Gasteiger partial charge in [-0.2, -0.15) is 0 Å². The number of para-hydroxylation sites is 1. The van der Waals surface area contributed by atoms with Crippen molar-refractivity contribution in [3.05, 3.63) is 45.9 Å². The van der Waals surface area contributed by atoms with Crippen molar-refractivity contribution < 1.29 is 5.11 Å². The van der Waals surface area contributed by atoms with Crippen molar-refractivity contribution in [2.75, 3.05) is 6.54 Å². The molecule has 1 aromatic carbocycles. The third-order valence-corrected chi connectivity index (χ3v) is 3.38. The molecule has 0 fully saturated rings. The molecule has 1 heterocycles. The summed E-state index contributed by atoms with van der Waals surface area (Å²) in [6.45, 7) is 0.651. The van der Waals surface area contributed by atoms with E-state index in [0.717, 1.165) is 17.0 Å². The average Bonchev–Trinajstić information content (AvgIpc) is 2.70. The fourth-order valence-electron chi connectivity index (χ4n) is 1.51. The van der Waals surface area contributed by atoms with Crippen molar-refractivity contribution in [3.63, 3.8) is 0 Å². The molecule has 1 aromatic heterocycles. The lowest BCUT2D eigenvalue weighted by Gasteiger charge is -2.00. The highest BCUT2D eigenvalue weighted by atomic mass is 32.1. The highest BCUT2D eigenvalue weighted by molar-refractivity contribution is 7.11. The van der Waals surface area contributed by atoms with Gasteiger partial charge in [-0.05, 0) is 19.0 Å². The quantitative estimate of drug-likeness (QED) is 0.850. The molecule has 4 heteroatoms. The summed E-state index contributed by atoms with van der Waals surface area (Å²) in [7, 11) is 0. The molecule has 0 atom stereocenters. The maximum absolute atomic E-state index is 9.64. The zero-order valence-corrected chi connectivity index (χ0v) is 9.70. The second-order valence-electron chi connectivity index (χ2n) is 3.56. The van der Waals surface area contributed by atoms with E-state index in [-0.39, 0.29) is 0 Å². The second kappa shape index (κ2) is 5.09. The van der Waals surface area contributed by atoms with Gasteiger partial charge in [-0.3, -0.25) is 0 Å². The van der Waals surface area contributed by atoms with Gasteiger partial charge in [0.05, 0.1) is 5.01 Å². The van der Waals surface area contributed by atoms with Gasteiger partial charge in [-0.25, -0.2) is 4.98 Å². The van der Waals surface area contributed by atoms with Gasteiger partial charge in [0.25, 0.3) is 0 Å². The summed E-state index contributed by atoms with van der Waals surface area (Å²) in [4.78, 5) is 5.52. The molecule has 0 aliphatic heterocycles. The van der Waals surface area contributed by atoms with Crippen molar-refractivity contribution >= 4 is 11.3 Å². The number of benzene rings is 1. The van der Waals surface area contributed by atoms with Crippen LogP contribution in [0.1, 0.15) is 15.4 Å². The molecule has 0 bridgehead atoms. The van der Waals surface area contributed by atoms with E-state index in [2.05, 4.69) is 4.98 Å². The lowest BCUT2D eigenvalue weighted by Crippen LogP contribution is -2.00. The molecule has 0 aliphatic rings. The van der Waals surface area contributed by atoms with Crippen molar-refractivity contribution in [3.8, 4) is 5.75 Å². The molecule has 2 rings (SSSR count). The highest BCUT2D eigenvalue weighted by Crippen LogP contribution is 2.22. The molecule has 3 nitrogen and oxygen atoms in total. The number of nitrogens with two attached hydrogens (primary N) is 1. The Kier molecular flexibility index (Phi) is 3.54. The maximum atomic E-state index is 9.64. The summed E-state index contributed by atoms with van der Waals surface area (Å²) < 4.78 is 0. The Bertz CT molecular complexity index is 468. The van der Waals surface area contributed by atoms with Crippen LogP contribution in [0.5, 0.6) is 5.75 Å². The number of nitrogens with zero attached hydrogens (tertiary/aromatic N) is 1. The Hall–Kier alpha value is -1.39. The zero-order chi connectivity index (χ0) is 11.4. The molecular weight excluding hydrogens is 220 g/mol. The first-order chi connectivity index (χ1) is 7.79. The Morgan fingerprint density at radius 2 is 2.12 bits per heavy atom. The first kappa shape index (κ1) is 11.1. The van der Waals surface area contributed by atoms with Gasteiger partial charge in [-0.1, -0.05) is 18.2 Å². The number of phenols is 1. The minimum atomic E-state index is 0.332. The molecule has 0 spiro atoms. The number of hydrogen-bond donors (Lipinski definition) is 2. The number of thiazole rings is 1. The summed E-state index contributed by atoms with van der Waals surface area (Å²) in [6, 6.07) is 7.35. The normalized spacial score (nSPS) is 10.6. The predicted octanol–water partition coefficient (Wildman–Crippen LogP) is 1.94. The number of hydrogen-bond acceptors (Lipinski definition) is 4. The van der Waals surface area contributed by atoms with E-state index in [0.29, 0.717) is 18.7 Å². The summed E-state index contributed by atoms with van der Waals surface area (Å²) in [5.41, 5.74) is 6.40. The van der Waals surface area contributed by atoms with Crippen LogP contribution in [0.4, 0.5) is 0 Å². The van der Waals surface area contributed by atoms with Gasteiger partial charge in [0.1, 0.15) is 5.75 Å². The van der Waals surface area contributed by atoms with E-state index in [1.807, 2.05) is 24.4 Å². The zero-order valence-electron chi connectivity index (χ0n) is 8.89. The Morgan fingerprint density at radius 3 is 2.88 bits per heavy atom. The van der Waals surface area contributed by atoms with Crippen LogP contribution in [-0.2, 0) is 12.8 Å². The van der Waals surface area contributed by atoms with E-state index in [1.165, 1.54) is 4.88 Å². The van der Waals surface area contributed by atoms with Crippen molar-refractivity contribution in [2.45, 2.75) is 12.8 Å². The fraction of sp³-hybridized carbons (Fsp3) is 0.250. The minimum Gasteiger partial charge on any atom is -0.508 e. The largest absolute Gasteiger partial charge is 0.508 e. The van der Waals surface area contributed by atoms with Crippen LogP contribution in [0.25, 0.3) is 0 Å². The van der Waals surface area contributed by atoms with E-state index in [1.54, 1.807) is 17.4 Å². The molecule has 0 radical (unpaired) electrons. The SMILES string of the molecule is NCCc1cnc(Cc2ccccc2O)s1. The minimum absolute atomic E-state index is 0.332. The summed E-state index contributed by atoms with van der Waals surface area (Å²) in [6.07, 6.45) is 3.42. The van der Waals surface area contributed by atoms with Crippen LogP contribution >= 0.6 is 11.3 Å². The molecule has 84 valence electrons. The van der Waals surface area contributed by atoms with Crippen LogP contribution in [0, 0.1) is 0 Å². The summed E-state index contributed by atoms with van der Waals surface area (Å²) in [5, 5.41) is 10.7. The maximum Gasteiger partial charge on any atom is 0.119 e. The first-order valence-electron chi connectivity index (χ1n) is 5.20. The third-order valence-electron chi connectivity index (χ3n) is 2.33. The topological polar surface area (TPSA) is 59.1 Å². The smallest absolute Gasteiger partial charge is 0.119 e. The van der Waals surface area contributed by atoms with Crippen LogP contribution in [0.2, 0.25) is 0 Å². The van der Waals surface area contributed by atoms with Gasteiger partial charge in [0.15, 0.2) is 0 Å². The van der Waals surface area contributed by atoms with Crippen molar-refractivity contribution in [2.24, 2.45) is 5.73 Å². The third kappa shape index (κ3) is 2.59. The number of rotatable bonds is 4. The van der Waals surface area contributed by atoms with E-state index >= 15 is 0 Å². The molecule has 0 unspecified atom stereocenters. The predicted molar refractivity (Wildman–Crippen MR) is 65.8 cm³/mol. The highest BCUT2D eigenvalue weighted by Gasteiger charge is 2.05. The molecule has 0 saturated carbocycles. The molecule has 0 amide bonds. The first-order valence-corrected chi connectivity index (χ1v) is 6.02. The van der Waals surface area contributed by atoms with Crippen molar-refractivity contribution in [1.29, 1.82) is 0 Å². The molecule has 3 N–H and O–H groups in total. The molecule has 2 aromatic rings. The molecule has 0 saturated heterocycles. The Balaban J connectivity index is 2.11.